The van der Waals surface area contributed by atoms with E-state index in [0.29, 0.717) is 22.8 Å². The Morgan fingerprint density at radius 2 is 1.95 bits per heavy atom. The molecule has 5 heteroatoms. The topological polar surface area (TPSA) is 35.0 Å². The van der Waals surface area contributed by atoms with E-state index in [1.165, 1.54) is 0 Å². The molecule has 0 spiro atoms. The summed E-state index contributed by atoms with van der Waals surface area (Å²) >= 11 is 9.38. The molecule has 1 heterocycles. The molecule has 1 aromatic carbocycles. The third-order valence-electron chi connectivity index (χ3n) is 2.59. The molecule has 0 unspecified atom stereocenters. The lowest BCUT2D eigenvalue weighted by Crippen LogP contribution is -1.97. The minimum absolute atomic E-state index is 0.353. The SMILES string of the molecule is Cc1nc(Cl)cc(Oc2ccc(Br)cc2C(C)C)n1. The van der Waals surface area contributed by atoms with Gasteiger partial charge in [0.05, 0.1) is 0 Å². The molecule has 0 atom stereocenters. The van der Waals surface area contributed by atoms with Crippen molar-refractivity contribution >= 4 is 27.5 Å². The Morgan fingerprint density at radius 1 is 1.21 bits per heavy atom. The Balaban J connectivity index is 2.37. The molecule has 0 saturated heterocycles. The van der Waals surface area contributed by atoms with Gasteiger partial charge in [-0.25, -0.2) is 4.98 Å². The third-order valence-corrected chi connectivity index (χ3v) is 3.28. The molecule has 3 nitrogen and oxygen atoms in total. The van der Waals surface area contributed by atoms with Crippen LogP contribution < -0.4 is 4.74 Å². The van der Waals surface area contributed by atoms with Gasteiger partial charge in [0, 0.05) is 10.5 Å². The van der Waals surface area contributed by atoms with E-state index in [1.807, 2.05) is 12.1 Å². The average Bonchev–Trinajstić information content (AvgIpc) is 2.30. The molecular weight excluding hydrogens is 328 g/mol. The minimum Gasteiger partial charge on any atom is -0.439 e. The molecule has 0 aliphatic rings. The molecule has 0 saturated carbocycles. The fourth-order valence-corrected chi connectivity index (χ4v) is 2.33. The fraction of sp³-hybridized carbons (Fsp3) is 0.286. The molecule has 0 N–H and O–H groups in total. The first-order valence-electron chi connectivity index (χ1n) is 5.94. The summed E-state index contributed by atoms with van der Waals surface area (Å²) in [5, 5.41) is 0.380. The quantitative estimate of drug-likeness (QED) is 0.727. The summed E-state index contributed by atoms with van der Waals surface area (Å²) in [6.45, 7) is 6.02. The number of halogens is 2. The molecule has 19 heavy (non-hydrogen) atoms. The first-order valence-corrected chi connectivity index (χ1v) is 7.11. The molecule has 0 fully saturated rings. The van der Waals surface area contributed by atoms with Crippen LogP contribution in [0.5, 0.6) is 11.6 Å². The fourth-order valence-electron chi connectivity index (χ4n) is 1.73. The molecular formula is C14H14BrClN2O. The first kappa shape index (κ1) is 14.3. The Bertz CT molecular complexity index is 582. The first-order chi connectivity index (χ1) is 8.95. The predicted molar refractivity (Wildman–Crippen MR) is 80.1 cm³/mol. The van der Waals surface area contributed by atoms with Gasteiger partial charge in [-0.1, -0.05) is 41.4 Å². The van der Waals surface area contributed by atoms with E-state index < -0.39 is 0 Å². The molecule has 0 amide bonds. The predicted octanol–water partition coefficient (Wildman–Crippen LogP) is 5.12. The van der Waals surface area contributed by atoms with Crippen LogP contribution in [0.2, 0.25) is 5.15 Å². The molecule has 0 aliphatic carbocycles. The van der Waals surface area contributed by atoms with Gasteiger partial charge < -0.3 is 4.74 Å². The maximum atomic E-state index is 5.91. The average molecular weight is 342 g/mol. The largest absolute Gasteiger partial charge is 0.439 e. The number of hydrogen-bond acceptors (Lipinski definition) is 3. The van der Waals surface area contributed by atoms with Gasteiger partial charge in [0.2, 0.25) is 5.88 Å². The zero-order valence-electron chi connectivity index (χ0n) is 10.9. The number of aryl methyl sites for hydroxylation is 1. The second kappa shape index (κ2) is 5.88. The third kappa shape index (κ3) is 3.67. The second-order valence-corrected chi connectivity index (χ2v) is 5.82. The Hall–Kier alpha value is -1.13. The van der Waals surface area contributed by atoms with Gasteiger partial charge in [0.1, 0.15) is 16.7 Å². The number of aromatic nitrogens is 2. The summed E-state index contributed by atoms with van der Waals surface area (Å²) < 4.78 is 6.86. The minimum atomic E-state index is 0.353. The number of hydrogen-bond donors (Lipinski definition) is 0. The van der Waals surface area contributed by atoms with Crippen LogP contribution in [0.3, 0.4) is 0 Å². The van der Waals surface area contributed by atoms with Gasteiger partial charge in [-0.2, -0.15) is 4.98 Å². The zero-order chi connectivity index (χ0) is 14.0. The Kier molecular flexibility index (Phi) is 4.42. The standard InChI is InChI=1S/C14H14BrClN2O/c1-8(2)11-6-10(15)4-5-12(11)19-14-7-13(16)17-9(3)18-14/h4-8H,1-3H3. The molecule has 2 aromatic rings. The van der Waals surface area contributed by atoms with Crippen LogP contribution in [0.4, 0.5) is 0 Å². The van der Waals surface area contributed by atoms with Crippen molar-refractivity contribution in [2.45, 2.75) is 26.7 Å². The van der Waals surface area contributed by atoms with Gasteiger partial charge in [-0.15, -0.1) is 0 Å². The normalized spacial score (nSPS) is 10.8. The summed E-state index contributed by atoms with van der Waals surface area (Å²) in [6, 6.07) is 7.53. The molecule has 0 aliphatic heterocycles. The summed E-state index contributed by atoms with van der Waals surface area (Å²) in [4.78, 5) is 8.24. The van der Waals surface area contributed by atoms with E-state index in [2.05, 4.69) is 45.8 Å². The van der Waals surface area contributed by atoms with Crippen molar-refractivity contribution in [3.8, 4) is 11.6 Å². The Morgan fingerprint density at radius 3 is 2.58 bits per heavy atom. The smallest absolute Gasteiger partial charge is 0.224 e. The molecule has 2 rings (SSSR count). The highest BCUT2D eigenvalue weighted by molar-refractivity contribution is 9.10. The van der Waals surface area contributed by atoms with Crippen molar-refractivity contribution < 1.29 is 4.74 Å². The molecule has 0 bridgehead atoms. The van der Waals surface area contributed by atoms with Gasteiger partial charge in [-0.3, -0.25) is 0 Å². The number of rotatable bonds is 3. The number of ether oxygens (including phenoxy) is 1. The van der Waals surface area contributed by atoms with E-state index >= 15 is 0 Å². The van der Waals surface area contributed by atoms with E-state index in [1.54, 1.807) is 13.0 Å². The highest BCUT2D eigenvalue weighted by Crippen LogP contribution is 2.32. The summed E-state index contributed by atoms with van der Waals surface area (Å²) in [7, 11) is 0. The molecule has 0 radical (unpaired) electrons. The van der Waals surface area contributed by atoms with E-state index in [4.69, 9.17) is 16.3 Å². The Labute approximate surface area is 126 Å². The van der Waals surface area contributed by atoms with E-state index in [0.717, 1.165) is 15.8 Å². The summed E-state index contributed by atoms with van der Waals surface area (Å²) in [5.41, 5.74) is 1.11. The van der Waals surface area contributed by atoms with Gasteiger partial charge >= 0.3 is 0 Å². The lowest BCUT2D eigenvalue weighted by Gasteiger charge is -2.14. The van der Waals surface area contributed by atoms with Crippen LogP contribution in [-0.4, -0.2) is 9.97 Å². The van der Waals surface area contributed by atoms with Crippen molar-refractivity contribution in [3.05, 3.63) is 45.3 Å². The maximum absolute atomic E-state index is 5.91. The monoisotopic (exact) mass is 340 g/mol. The van der Waals surface area contributed by atoms with Crippen LogP contribution >= 0.6 is 27.5 Å². The van der Waals surface area contributed by atoms with Gasteiger partial charge in [0.15, 0.2) is 0 Å². The highest BCUT2D eigenvalue weighted by Gasteiger charge is 2.11. The van der Waals surface area contributed by atoms with Crippen molar-refractivity contribution in [2.75, 3.05) is 0 Å². The number of nitrogens with zero attached hydrogens (tertiary/aromatic N) is 2. The van der Waals surface area contributed by atoms with Crippen LogP contribution in [0, 0.1) is 6.92 Å². The number of benzene rings is 1. The highest BCUT2D eigenvalue weighted by atomic mass is 79.9. The van der Waals surface area contributed by atoms with Crippen molar-refractivity contribution in [1.29, 1.82) is 0 Å². The molecule has 1 aromatic heterocycles. The lowest BCUT2D eigenvalue weighted by atomic mass is 10.0. The summed E-state index contributed by atoms with van der Waals surface area (Å²) in [6.07, 6.45) is 0. The summed E-state index contributed by atoms with van der Waals surface area (Å²) in [5.74, 6) is 2.19. The zero-order valence-corrected chi connectivity index (χ0v) is 13.3. The van der Waals surface area contributed by atoms with Gasteiger partial charge in [0.25, 0.3) is 0 Å². The lowest BCUT2D eigenvalue weighted by molar-refractivity contribution is 0.451. The second-order valence-electron chi connectivity index (χ2n) is 4.52. The maximum Gasteiger partial charge on any atom is 0.224 e. The van der Waals surface area contributed by atoms with Crippen LogP contribution in [-0.2, 0) is 0 Å². The van der Waals surface area contributed by atoms with Crippen molar-refractivity contribution in [1.82, 2.24) is 9.97 Å². The van der Waals surface area contributed by atoms with Crippen molar-refractivity contribution in [2.24, 2.45) is 0 Å². The van der Waals surface area contributed by atoms with E-state index in [9.17, 15) is 0 Å². The van der Waals surface area contributed by atoms with E-state index in [-0.39, 0.29) is 0 Å². The van der Waals surface area contributed by atoms with Crippen LogP contribution in [0.1, 0.15) is 31.2 Å². The van der Waals surface area contributed by atoms with Crippen LogP contribution in [0.25, 0.3) is 0 Å². The van der Waals surface area contributed by atoms with Gasteiger partial charge in [-0.05, 0) is 36.6 Å². The van der Waals surface area contributed by atoms with Crippen LogP contribution in [0.15, 0.2) is 28.7 Å². The van der Waals surface area contributed by atoms with Crippen molar-refractivity contribution in [3.63, 3.8) is 0 Å². The molecule has 100 valence electrons.